The molecule has 0 saturated carbocycles. The number of nitrogens with zero attached hydrogens (tertiary/aromatic N) is 5. The third kappa shape index (κ3) is 5.61. The molecule has 2 N–H and O–H groups in total. The van der Waals surface area contributed by atoms with Gasteiger partial charge in [0.25, 0.3) is 0 Å². The molecule has 0 radical (unpaired) electrons. The van der Waals surface area contributed by atoms with Crippen LogP contribution in [0.15, 0.2) is 18.2 Å². The lowest BCUT2D eigenvalue weighted by Gasteiger charge is -2.35. The van der Waals surface area contributed by atoms with Crippen LogP contribution in [-0.4, -0.2) is 66.7 Å². The number of piperidine rings is 1. The van der Waals surface area contributed by atoms with Crippen molar-refractivity contribution in [2.45, 2.75) is 32.2 Å². The minimum Gasteiger partial charge on any atom is -0.495 e. The molecular formula is C20H30ClN7O. The summed E-state index contributed by atoms with van der Waals surface area (Å²) in [6, 6.07) is 5.90. The van der Waals surface area contributed by atoms with Gasteiger partial charge < -0.3 is 25.2 Å². The third-order valence-corrected chi connectivity index (χ3v) is 5.41. The van der Waals surface area contributed by atoms with Gasteiger partial charge >= 0.3 is 0 Å². The highest BCUT2D eigenvalue weighted by Gasteiger charge is 2.23. The van der Waals surface area contributed by atoms with Gasteiger partial charge in [-0.05, 0) is 57.6 Å². The van der Waals surface area contributed by atoms with Crippen molar-refractivity contribution in [3.63, 3.8) is 0 Å². The van der Waals surface area contributed by atoms with Crippen LogP contribution in [-0.2, 0) is 0 Å². The van der Waals surface area contributed by atoms with E-state index in [9.17, 15) is 0 Å². The van der Waals surface area contributed by atoms with Crippen LogP contribution in [0.3, 0.4) is 0 Å². The zero-order chi connectivity index (χ0) is 20.8. The van der Waals surface area contributed by atoms with Gasteiger partial charge in [0.2, 0.25) is 17.8 Å². The highest BCUT2D eigenvalue weighted by atomic mass is 35.5. The molecule has 0 atom stereocenters. The number of nitrogens with one attached hydrogen (secondary N) is 2. The first-order valence-electron chi connectivity index (χ1n) is 10.0. The molecule has 8 nitrogen and oxygen atoms in total. The van der Waals surface area contributed by atoms with E-state index in [0.717, 1.165) is 44.6 Å². The van der Waals surface area contributed by atoms with Crippen molar-refractivity contribution in [1.82, 2.24) is 19.9 Å². The van der Waals surface area contributed by atoms with Crippen LogP contribution in [0.5, 0.6) is 5.75 Å². The molecule has 1 aromatic heterocycles. The van der Waals surface area contributed by atoms with Crippen LogP contribution in [0, 0.1) is 0 Å². The van der Waals surface area contributed by atoms with Gasteiger partial charge in [-0.25, -0.2) is 0 Å². The Labute approximate surface area is 177 Å². The van der Waals surface area contributed by atoms with E-state index in [1.54, 1.807) is 13.2 Å². The first kappa shape index (κ1) is 21.4. The van der Waals surface area contributed by atoms with Crippen LogP contribution in [0.4, 0.5) is 23.5 Å². The fourth-order valence-corrected chi connectivity index (χ4v) is 3.57. The van der Waals surface area contributed by atoms with Crippen molar-refractivity contribution < 1.29 is 4.74 Å². The van der Waals surface area contributed by atoms with E-state index >= 15 is 0 Å². The Morgan fingerprint density at radius 1 is 1.21 bits per heavy atom. The fraction of sp³-hybridized carbons (Fsp3) is 0.550. The molecule has 1 aromatic carbocycles. The summed E-state index contributed by atoms with van der Waals surface area (Å²) in [5.74, 6) is 2.34. The molecule has 29 heavy (non-hydrogen) atoms. The van der Waals surface area contributed by atoms with Crippen LogP contribution >= 0.6 is 11.6 Å². The molecule has 1 aliphatic rings. The molecule has 1 fully saturated rings. The van der Waals surface area contributed by atoms with Crippen LogP contribution < -0.4 is 20.3 Å². The molecule has 158 valence electrons. The summed E-state index contributed by atoms with van der Waals surface area (Å²) in [6.45, 7) is 5.07. The molecule has 2 aromatic rings. The van der Waals surface area contributed by atoms with Crippen molar-refractivity contribution in [1.29, 1.82) is 0 Å². The number of likely N-dealkylation sites (tertiary alicyclic amines) is 1. The number of ether oxygens (including phenoxy) is 1. The second-order valence-corrected chi connectivity index (χ2v) is 7.74. The normalized spacial score (nSPS) is 15.2. The maximum absolute atomic E-state index is 6.25. The van der Waals surface area contributed by atoms with Crippen molar-refractivity contribution in [2.24, 2.45) is 0 Å². The summed E-state index contributed by atoms with van der Waals surface area (Å²) in [6.07, 6.45) is 3.17. The molecule has 0 aliphatic carbocycles. The van der Waals surface area contributed by atoms with E-state index in [0.29, 0.717) is 34.7 Å². The van der Waals surface area contributed by atoms with Gasteiger partial charge in [0.05, 0.1) is 12.1 Å². The van der Waals surface area contributed by atoms with Gasteiger partial charge in [-0.3, -0.25) is 0 Å². The molecule has 3 rings (SSSR count). The zero-order valence-corrected chi connectivity index (χ0v) is 18.3. The summed E-state index contributed by atoms with van der Waals surface area (Å²) in [5, 5.41) is 7.04. The minimum absolute atomic E-state index is 0.413. The highest BCUT2D eigenvalue weighted by Crippen LogP contribution is 2.29. The second-order valence-electron chi connectivity index (χ2n) is 7.33. The summed E-state index contributed by atoms with van der Waals surface area (Å²) in [4.78, 5) is 18.4. The monoisotopic (exact) mass is 419 g/mol. The largest absolute Gasteiger partial charge is 0.495 e. The van der Waals surface area contributed by atoms with E-state index < -0.39 is 0 Å². The van der Waals surface area contributed by atoms with Crippen LogP contribution in [0.2, 0.25) is 5.02 Å². The number of aromatic nitrogens is 3. The first-order valence-corrected chi connectivity index (χ1v) is 10.4. The lowest BCUT2D eigenvalue weighted by molar-refractivity contribution is 0.252. The van der Waals surface area contributed by atoms with Crippen LogP contribution in [0.25, 0.3) is 0 Å². The predicted molar refractivity (Wildman–Crippen MR) is 119 cm³/mol. The van der Waals surface area contributed by atoms with Gasteiger partial charge in [0, 0.05) is 25.3 Å². The van der Waals surface area contributed by atoms with Crippen molar-refractivity contribution >= 4 is 35.1 Å². The Morgan fingerprint density at radius 2 is 1.93 bits per heavy atom. The lowest BCUT2D eigenvalue weighted by Crippen LogP contribution is -2.42. The molecule has 0 spiro atoms. The van der Waals surface area contributed by atoms with Gasteiger partial charge in [0.1, 0.15) is 5.75 Å². The average molecular weight is 420 g/mol. The summed E-state index contributed by atoms with van der Waals surface area (Å²) >= 11 is 6.25. The molecule has 1 saturated heterocycles. The molecule has 0 amide bonds. The number of anilines is 4. The van der Waals surface area contributed by atoms with Gasteiger partial charge in [-0.2, -0.15) is 15.0 Å². The Morgan fingerprint density at radius 3 is 2.59 bits per heavy atom. The molecule has 9 heteroatoms. The Hall–Kier alpha value is -2.32. The topological polar surface area (TPSA) is 78.4 Å². The smallest absolute Gasteiger partial charge is 0.233 e. The number of benzene rings is 1. The maximum atomic E-state index is 6.25. The van der Waals surface area contributed by atoms with E-state index in [4.69, 9.17) is 16.3 Å². The molecule has 2 heterocycles. The quantitative estimate of drug-likeness (QED) is 0.671. The average Bonchev–Trinajstić information content (AvgIpc) is 2.72. The molecule has 0 bridgehead atoms. The molecule has 1 aliphatic heterocycles. The van der Waals surface area contributed by atoms with Crippen molar-refractivity contribution in [3.8, 4) is 5.75 Å². The third-order valence-electron chi connectivity index (χ3n) is 5.12. The standard InChI is InChI=1S/C20H30ClN7O/c1-5-10-22-18-24-19(23-14-6-7-17(29-4)16(21)13-14)26-20(25-18)28(3)15-8-11-27(2)12-9-15/h6-7,13,15H,5,8-12H2,1-4H3,(H2,22,23,24,25,26). The van der Waals surface area contributed by atoms with E-state index in [2.05, 4.69) is 56.4 Å². The number of hydrogen-bond donors (Lipinski definition) is 2. The summed E-state index contributed by atoms with van der Waals surface area (Å²) in [5.41, 5.74) is 0.788. The Bertz CT molecular complexity index is 811. The number of methoxy groups -OCH3 is 1. The minimum atomic E-state index is 0.413. The predicted octanol–water partition coefficient (Wildman–Crippen LogP) is 3.63. The molecule has 0 unspecified atom stereocenters. The number of hydrogen-bond acceptors (Lipinski definition) is 8. The van der Waals surface area contributed by atoms with Gasteiger partial charge in [0.15, 0.2) is 0 Å². The first-order chi connectivity index (χ1) is 14.0. The zero-order valence-electron chi connectivity index (χ0n) is 17.6. The van der Waals surface area contributed by atoms with Gasteiger partial charge in [-0.15, -0.1) is 0 Å². The summed E-state index contributed by atoms with van der Waals surface area (Å²) in [7, 11) is 5.81. The van der Waals surface area contributed by atoms with E-state index in [1.807, 2.05) is 12.1 Å². The van der Waals surface area contributed by atoms with E-state index in [1.165, 1.54) is 0 Å². The van der Waals surface area contributed by atoms with Gasteiger partial charge in [-0.1, -0.05) is 18.5 Å². The van der Waals surface area contributed by atoms with Crippen molar-refractivity contribution in [3.05, 3.63) is 23.2 Å². The SMILES string of the molecule is CCCNc1nc(Nc2ccc(OC)c(Cl)c2)nc(N(C)C2CCN(C)CC2)n1. The van der Waals surface area contributed by atoms with E-state index in [-0.39, 0.29) is 0 Å². The maximum Gasteiger partial charge on any atom is 0.233 e. The lowest BCUT2D eigenvalue weighted by atomic mass is 10.0. The second kappa shape index (κ2) is 9.93. The highest BCUT2D eigenvalue weighted by molar-refractivity contribution is 6.32. The number of halogens is 1. The Kier molecular flexibility index (Phi) is 7.33. The number of rotatable bonds is 8. The fourth-order valence-electron chi connectivity index (χ4n) is 3.31. The molecular weight excluding hydrogens is 390 g/mol. The van der Waals surface area contributed by atoms with Crippen molar-refractivity contribution in [2.75, 3.05) is 56.4 Å². The van der Waals surface area contributed by atoms with Crippen LogP contribution in [0.1, 0.15) is 26.2 Å². The summed E-state index contributed by atoms with van der Waals surface area (Å²) < 4.78 is 5.22. The Balaban J connectivity index is 1.84.